The fraction of sp³-hybridized carbons (Fsp3) is 0.667. The van der Waals surface area contributed by atoms with Crippen LogP contribution in [-0.2, 0) is 9.53 Å². The van der Waals surface area contributed by atoms with Crippen LogP contribution >= 0.6 is 0 Å². The fourth-order valence-corrected chi connectivity index (χ4v) is 1.66. The average Bonchev–Trinajstić information content (AvgIpc) is 2.14. The lowest BCUT2D eigenvalue weighted by Gasteiger charge is -2.34. The molecule has 2 amide bonds. The standard InChI is InChI=1S/C12H20N2O3/c1-8-5-6-14(9(7-8)10(13)15)11(16)17-12(2,3)4/h5,9H,6-7H2,1-4H3,(H2,13,15). The van der Waals surface area contributed by atoms with Crippen LogP contribution in [0.2, 0.25) is 0 Å². The lowest BCUT2D eigenvalue weighted by atomic mass is 10.0. The first-order valence-corrected chi connectivity index (χ1v) is 5.65. The summed E-state index contributed by atoms with van der Waals surface area (Å²) >= 11 is 0. The van der Waals surface area contributed by atoms with Gasteiger partial charge in [-0.3, -0.25) is 9.69 Å². The van der Waals surface area contributed by atoms with Gasteiger partial charge in [0.2, 0.25) is 5.91 Å². The van der Waals surface area contributed by atoms with Crippen molar-refractivity contribution in [3.05, 3.63) is 11.6 Å². The van der Waals surface area contributed by atoms with Crippen molar-refractivity contribution in [3.8, 4) is 0 Å². The molecule has 96 valence electrons. The largest absolute Gasteiger partial charge is 0.444 e. The van der Waals surface area contributed by atoms with Gasteiger partial charge in [-0.2, -0.15) is 0 Å². The van der Waals surface area contributed by atoms with E-state index in [1.54, 1.807) is 20.8 Å². The van der Waals surface area contributed by atoms with Gasteiger partial charge in [0, 0.05) is 6.54 Å². The number of carbonyl (C=O) groups is 2. The van der Waals surface area contributed by atoms with Crippen LogP contribution in [0.25, 0.3) is 0 Å². The van der Waals surface area contributed by atoms with Gasteiger partial charge in [0.15, 0.2) is 0 Å². The highest BCUT2D eigenvalue weighted by atomic mass is 16.6. The molecule has 0 bridgehead atoms. The molecule has 2 N–H and O–H groups in total. The minimum Gasteiger partial charge on any atom is -0.444 e. The van der Waals surface area contributed by atoms with Crippen molar-refractivity contribution >= 4 is 12.0 Å². The highest BCUT2D eigenvalue weighted by molar-refractivity contribution is 5.85. The summed E-state index contributed by atoms with van der Waals surface area (Å²) in [6, 6.07) is -0.602. The number of nitrogens with two attached hydrogens (primary N) is 1. The van der Waals surface area contributed by atoms with Gasteiger partial charge in [-0.25, -0.2) is 4.79 Å². The molecule has 0 aromatic heterocycles. The van der Waals surface area contributed by atoms with E-state index in [4.69, 9.17) is 10.5 Å². The van der Waals surface area contributed by atoms with Crippen LogP contribution in [0.15, 0.2) is 11.6 Å². The number of nitrogens with zero attached hydrogens (tertiary/aromatic N) is 1. The Morgan fingerprint density at radius 3 is 2.53 bits per heavy atom. The Bertz CT molecular complexity index is 355. The zero-order chi connectivity index (χ0) is 13.2. The summed E-state index contributed by atoms with van der Waals surface area (Å²) in [5.41, 5.74) is 5.80. The van der Waals surface area contributed by atoms with Crippen LogP contribution in [0.4, 0.5) is 4.79 Å². The second-order valence-corrected chi connectivity index (χ2v) is 5.31. The second kappa shape index (κ2) is 4.77. The molecule has 0 saturated carbocycles. The van der Waals surface area contributed by atoms with Crippen molar-refractivity contribution in [2.24, 2.45) is 5.73 Å². The van der Waals surface area contributed by atoms with Crippen molar-refractivity contribution in [3.63, 3.8) is 0 Å². The average molecular weight is 240 g/mol. The molecule has 17 heavy (non-hydrogen) atoms. The molecule has 5 heteroatoms. The molecule has 1 aliphatic heterocycles. The predicted octanol–water partition coefficient (Wildman–Crippen LogP) is 1.43. The van der Waals surface area contributed by atoms with E-state index in [9.17, 15) is 9.59 Å². The van der Waals surface area contributed by atoms with E-state index >= 15 is 0 Å². The Morgan fingerprint density at radius 1 is 1.47 bits per heavy atom. The normalized spacial score (nSPS) is 20.8. The number of hydrogen-bond acceptors (Lipinski definition) is 3. The first-order valence-electron chi connectivity index (χ1n) is 5.65. The van der Waals surface area contributed by atoms with Gasteiger partial charge in [-0.1, -0.05) is 11.6 Å². The molecular weight excluding hydrogens is 220 g/mol. The van der Waals surface area contributed by atoms with Gasteiger partial charge in [-0.05, 0) is 34.1 Å². The van der Waals surface area contributed by atoms with Crippen LogP contribution in [0.3, 0.4) is 0 Å². The fourth-order valence-electron chi connectivity index (χ4n) is 1.66. The maximum absolute atomic E-state index is 11.9. The van der Waals surface area contributed by atoms with Crippen molar-refractivity contribution in [2.45, 2.75) is 45.8 Å². The molecule has 0 radical (unpaired) electrons. The lowest BCUT2D eigenvalue weighted by molar-refractivity contribution is -0.123. The molecule has 1 unspecified atom stereocenters. The van der Waals surface area contributed by atoms with E-state index < -0.39 is 23.6 Å². The Hall–Kier alpha value is -1.52. The number of hydrogen-bond donors (Lipinski definition) is 1. The van der Waals surface area contributed by atoms with Crippen molar-refractivity contribution in [1.82, 2.24) is 4.90 Å². The molecule has 0 spiro atoms. The van der Waals surface area contributed by atoms with Gasteiger partial charge in [0.05, 0.1) is 0 Å². The molecule has 1 heterocycles. The van der Waals surface area contributed by atoms with Gasteiger partial charge >= 0.3 is 6.09 Å². The second-order valence-electron chi connectivity index (χ2n) is 5.31. The van der Waals surface area contributed by atoms with E-state index in [-0.39, 0.29) is 0 Å². The predicted molar refractivity (Wildman–Crippen MR) is 64.3 cm³/mol. The molecule has 0 fully saturated rings. The molecule has 5 nitrogen and oxygen atoms in total. The highest BCUT2D eigenvalue weighted by Crippen LogP contribution is 2.20. The highest BCUT2D eigenvalue weighted by Gasteiger charge is 2.33. The van der Waals surface area contributed by atoms with Gasteiger partial charge in [-0.15, -0.1) is 0 Å². The Labute approximate surface area is 102 Å². The first kappa shape index (κ1) is 13.5. The summed E-state index contributed by atoms with van der Waals surface area (Å²) in [6.45, 7) is 7.65. The maximum Gasteiger partial charge on any atom is 0.411 e. The molecule has 0 aliphatic carbocycles. The SMILES string of the molecule is CC1=CCN(C(=O)OC(C)(C)C)C(C(N)=O)C1. The van der Waals surface area contributed by atoms with E-state index in [1.165, 1.54) is 4.90 Å². The number of carbonyl (C=O) groups excluding carboxylic acids is 2. The zero-order valence-corrected chi connectivity index (χ0v) is 10.8. The summed E-state index contributed by atoms with van der Waals surface area (Å²) in [5.74, 6) is -0.497. The summed E-state index contributed by atoms with van der Waals surface area (Å²) in [7, 11) is 0. The third kappa shape index (κ3) is 3.76. The monoisotopic (exact) mass is 240 g/mol. The minimum atomic E-state index is -0.602. The molecule has 0 aromatic rings. The molecule has 1 aliphatic rings. The smallest absolute Gasteiger partial charge is 0.411 e. The summed E-state index contributed by atoms with van der Waals surface area (Å²) in [5, 5.41) is 0. The maximum atomic E-state index is 11.9. The third-order valence-corrected chi connectivity index (χ3v) is 2.48. The lowest BCUT2D eigenvalue weighted by Crippen LogP contribution is -2.51. The molecule has 0 aromatic carbocycles. The van der Waals surface area contributed by atoms with Gasteiger partial charge in [0.1, 0.15) is 11.6 Å². The Kier molecular flexibility index (Phi) is 3.80. The summed E-state index contributed by atoms with van der Waals surface area (Å²) < 4.78 is 5.24. The molecule has 0 saturated heterocycles. The minimum absolute atomic E-state index is 0.369. The molecule has 1 atom stereocenters. The van der Waals surface area contributed by atoms with Crippen LogP contribution in [0.5, 0.6) is 0 Å². The van der Waals surface area contributed by atoms with Crippen LogP contribution in [0, 0.1) is 0 Å². The van der Waals surface area contributed by atoms with E-state index in [0.717, 1.165) is 5.57 Å². The topological polar surface area (TPSA) is 72.6 Å². The number of primary amides is 1. The first-order chi connectivity index (χ1) is 7.70. The number of ether oxygens (including phenoxy) is 1. The van der Waals surface area contributed by atoms with Crippen LogP contribution < -0.4 is 5.73 Å². The molecule has 1 rings (SSSR count). The van der Waals surface area contributed by atoms with Crippen LogP contribution in [0.1, 0.15) is 34.1 Å². The van der Waals surface area contributed by atoms with Crippen LogP contribution in [-0.4, -0.2) is 35.1 Å². The molecular formula is C12H20N2O3. The van der Waals surface area contributed by atoms with Crippen molar-refractivity contribution in [2.75, 3.05) is 6.54 Å². The van der Waals surface area contributed by atoms with E-state index in [2.05, 4.69) is 0 Å². The number of rotatable bonds is 1. The summed E-state index contributed by atoms with van der Waals surface area (Å²) in [4.78, 5) is 24.6. The Morgan fingerprint density at radius 2 is 2.06 bits per heavy atom. The van der Waals surface area contributed by atoms with Gasteiger partial charge < -0.3 is 10.5 Å². The summed E-state index contributed by atoms with van der Waals surface area (Å²) in [6.07, 6.45) is 1.89. The van der Waals surface area contributed by atoms with E-state index in [1.807, 2.05) is 13.0 Å². The number of amides is 2. The van der Waals surface area contributed by atoms with E-state index in [0.29, 0.717) is 13.0 Å². The van der Waals surface area contributed by atoms with Gasteiger partial charge in [0.25, 0.3) is 0 Å². The quantitative estimate of drug-likeness (QED) is 0.705. The zero-order valence-electron chi connectivity index (χ0n) is 10.8. The van der Waals surface area contributed by atoms with Crippen molar-refractivity contribution in [1.29, 1.82) is 0 Å². The van der Waals surface area contributed by atoms with Crippen molar-refractivity contribution < 1.29 is 14.3 Å². The Balaban J connectivity index is 2.81. The third-order valence-electron chi connectivity index (χ3n) is 2.48.